The first-order chi connectivity index (χ1) is 16.4. The van der Waals surface area contributed by atoms with Gasteiger partial charge in [-0.3, -0.25) is 4.68 Å². The van der Waals surface area contributed by atoms with E-state index in [2.05, 4.69) is 15.1 Å². The van der Waals surface area contributed by atoms with Crippen molar-refractivity contribution in [2.75, 3.05) is 0 Å². The van der Waals surface area contributed by atoms with Gasteiger partial charge in [0.05, 0.1) is 11.1 Å². The number of aromatic nitrogens is 4. The Kier molecular flexibility index (Phi) is 4.76. The Morgan fingerprint density at radius 3 is 2.44 bits per heavy atom. The monoisotopic (exact) mass is 460 g/mol. The lowest BCUT2D eigenvalue weighted by molar-refractivity contribution is -0.114. The molecule has 0 aliphatic heterocycles. The molecular formula is C26H19F3N4O. The number of hydrogen-bond acceptors (Lipinski definition) is 4. The van der Waals surface area contributed by atoms with Gasteiger partial charge in [-0.25, -0.2) is 23.1 Å². The summed E-state index contributed by atoms with van der Waals surface area (Å²) in [5, 5.41) is 5.39. The first-order valence-corrected chi connectivity index (χ1v) is 11.0. The Balaban J connectivity index is 1.46. The summed E-state index contributed by atoms with van der Waals surface area (Å²) in [6, 6.07) is 17.6. The van der Waals surface area contributed by atoms with Crippen molar-refractivity contribution in [2.45, 2.75) is 25.3 Å². The third kappa shape index (κ3) is 3.75. The Bertz CT molecular complexity index is 1470. The maximum absolute atomic E-state index is 13.6. The maximum atomic E-state index is 13.6. The first kappa shape index (κ1) is 20.7. The van der Waals surface area contributed by atoms with E-state index in [1.165, 1.54) is 18.5 Å². The highest BCUT2D eigenvalue weighted by atomic mass is 19.3. The van der Waals surface area contributed by atoms with Gasteiger partial charge in [-0.05, 0) is 36.2 Å². The summed E-state index contributed by atoms with van der Waals surface area (Å²) in [5.74, 6) is -2.44. The molecule has 1 saturated carbocycles. The standard InChI is InChI=1S/C26H19F3N4O/c27-19-8-6-18(7-9-19)23-21(14-33(32-23)13-16-11-26(28,29)12-16)24-20-10-22(17-4-2-1-3-5-17)34-25(20)31-15-30-24/h1-10,14-16H,11-13H2. The first-order valence-electron chi connectivity index (χ1n) is 11.0. The lowest BCUT2D eigenvalue weighted by Gasteiger charge is -2.34. The van der Waals surface area contributed by atoms with Gasteiger partial charge in [0.15, 0.2) is 0 Å². The summed E-state index contributed by atoms with van der Waals surface area (Å²) in [7, 11) is 0. The minimum absolute atomic E-state index is 0.145. The molecule has 0 bridgehead atoms. The molecule has 0 spiro atoms. The topological polar surface area (TPSA) is 56.7 Å². The SMILES string of the molecule is Fc1ccc(-c2nn(CC3CC(F)(F)C3)cc2-c2ncnc3oc(-c4ccccc4)cc23)cc1. The van der Waals surface area contributed by atoms with Gasteiger partial charge in [0.1, 0.15) is 23.6 Å². The molecule has 5 nitrogen and oxygen atoms in total. The highest BCUT2D eigenvalue weighted by Gasteiger charge is 2.45. The molecule has 6 rings (SSSR count). The third-order valence-corrected chi connectivity index (χ3v) is 6.14. The molecule has 0 amide bonds. The van der Waals surface area contributed by atoms with E-state index in [1.807, 2.05) is 42.6 Å². The van der Waals surface area contributed by atoms with Crippen molar-refractivity contribution in [1.29, 1.82) is 0 Å². The van der Waals surface area contributed by atoms with E-state index in [1.54, 1.807) is 16.8 Å². The molecule has 0 atom stereocenters. The third-order valence-electron chi connectivity index (χ3n) is 6.14. The van der Waals surface area contributed by atoms with Gasteiger partial charge < -0.3 is 4.42 Å². The Hall–Kier alpha value is -3.94. The number of furan rings is 1. The zero-order chi connectivity index (χ0) is 23.3. The van der Waals surface area contributed by atoms with E-state index in [0.29, 0.717) is 45.9 Å². The number of rotatable bonds is 5. The van der Waals surface area contributed by atoms with Crippen molar-refractivity contribution in [3.63, 3.8) is 0 Å². The molecule has 1 fully saturated rings. The molecule has 34 heavy (non-hydrogen) atoms. The molecule has 1 aliphatic rings. The minimum atomic E-state index is -2.59. The molecule has 8 heteroatoms. The fourth-order valence-electron chi connectivity index (χ4n) is 4.50. The van der Waals surface area contributed by atoms with Crippen molar-refractivity contribution in [1.82, 2.24) is 19.7 Å². The number of nitrogens with zero attached hydrogens (tertiary/aromatic N) is 4. The van der Waals surface area contributed by atoms with Gasteiger partial charge in [0.25, 0.3) is 0 Å². The van der Waals surface area contributed by atoms with Crippen LogP contribution >= 0.6 is 0 Å². The van der Waals surface area contributed by atoms with E-state index in [0.717, 1.165) is 5.56 Å². The van der Waals surface area contributed by atoms with Gasteiger partial charge in [0, 0.05) is 42.3 Å². The van der Waals surface area contributed by atoms with Crippen LogP contribution in [0.1, 0.15) is 12.8 Å². The molecule has 0 saturated heterocycles. The van der Waals surface area contributed by atoms with E-state index in [4.69, 9.17) is 4.42 Å². The molecule has 0 N–H and O–H groups in total. The summed E-state index contributed by atoms with van der Waals surface area (Å²) < 4.78 is 48.0. The average Bonchev–Trinajstić information content (AvgIpc) is 3.43. The van der Waals surface area contributed by atoms with Crippen LogP contribution in [0.5, 0.6) is 0 Å². The lowest BCUT2D eigenvalue weighted by atomic mass is 9.81. The van der Waals surface area contributed by atoms with Crippen molar-refractivity contribution in [3.05, 3.63) is 79.0 Å². The highest BCUT2D eigenvalue weighted by molar-refractivity contribution is 5.95. The Labute approximate surface area is 192 Å². The summed E-state index contributed by atoms with van der Waals surface area (Å²) in [4.78, 5) is 8.80. The smallest absolute Gasteiger partial charge is 0.248 e. The molecule has 1 aliphatic carbocycles. The Morgan fingerprint density at radius 1 is 0.941 bits per heavy atom. The number of halogens is 3. The number of alkyl halides is 2. The van der Waals surface area contributed by atoms with Crippen LogP contribution in [-0.4, -0.2) is 25.7 Å². The molecular weight excluding hydrogens is 441 g/mol. The van der Waals surface area contributed by atoms with Crippen LogP contribution in [0.25, 0.3) is 44.9 Å². The van der Waals surface area contributed by atoms with Crippen molar-refractivity contribution in [2.24, 2.45) is 5.92 Å². The predicted octanol–water partition coefficient (Wildman–Crippen LogP) is 6.60. The molecule has 3 heterocycles. The van der Waals surface area contributed by atoms with Crippen molar-refractivity contribution >= 4 is 11.1 Å². The van der Waals surface area contributed by atoms with Gasteiger partial charge in [-0.15, -0.1) is 0 Å². The quantitative estimate of drug-likeness (QED) is 0.296. The highest BCUT2D eigenvalue weighted by Crippen LogP contribution is 2.43. The van der Waals surface area contributed by atoms with Crippen molar-refractivity contribution in [3.8, 4) is 33.8 Å². The van der Waals surface area contributed by atoms with E-state index >= 15 is 0 Å². The summed E-state index contributed by atoms with van der Waals surface area (Å²) >= 11 is 0. The molecule has 170 valence electrons. The predicted molar refractivity (Wildman–Crippen MR) is 122 cm³/mol. The second-order valence-corrected chi connectivity index (χ2v) is 8.67. The second kappa shape index (κ2) is 7.83. The molecule has 5 aromatic rings. The van der Waals surface area contributed by atoms with Gasteiger partial charge in [-0.1, -0.05) is 30.3 Å². The molecule has 0 radical (unpaired) electrons. The fraction of sp³-hybridized carbons (Fsp3) is 0.192. The van der Waals surface area contributed by atoms with E-state index in [9.17, 15) is 13.2 Å². The Morgan fingerprint density at radius 2 is 1.71 bits per heavy atom. The van der Waals surface area contributed by atoms with Crippen LogP contribution in [-0.2, 0) is 6.54 Å². The van der Waals surface area contributed by atoms with Crippen LogP contribution in [0.3, 0.4) is 0 Å². The normalized spacial score (nSPS) is 15.5. The second-order valence-electron chi connectivity index (χ2n) is 8.67. The van der Waals surface area contributed by atoms with Crippen LogP contribution in [0, 0.1) is 11.7 Å². The van der Waals surface area contributed by atoms with Crippen LogP contribution < -0.4 is 0 Å². The average molecular weight is 460 g/mol. The summed E-state index contributed by atoms with van der Waals surface area (Å²) in [5.41, 5.74) is 3.94. The number of benzene rings is 2. The summed E-state index contributed by atoms with van der Waals surface area (Å²) in [6.45, 7) is 0.374. The zero-order valence-electron chi connectivity index (χ0n) is 18.0. The van der Waals surface area contributed by atoms with Gasteiger partial charge >= 0.3 is 0 Å². The number of hydrogen-bond donors (Lipinski definition) is 0. The zero-order valence-corrected chi connectivity index (χ0v) is 18.0. The molecule has 3 aromatic heterocycles. The van der Waals surface area contributed by atoms with Gasteiger partial charge in [-0.2, -0.15) is 5.10 Å². The molecule has 0 unspecified atom stereocenters. The van der Waals surface area contributed by atoms with Crippen molar-refractivity contribution < 1.29 is 17.6 Å². The lowest BCUT2D eigenvalue weighted by Crippen LogP contribution is -2.37. The van der Waals surface area contributed by atoms with E-state index in [-0.39, 0.29) is 24.6 Å². The number of fused-ring (bicyclic) bond motifs is 1. The molecule has 2 aromatic carbocycles. The van der Waals surface area contributed by atoms with E-state index < -0.39 is 5.92 Å². The van der Waals surface area contributed by atoms with Crippen LogP contribution in [0.2, 0.25) is 0 Å². The van der Waals surface area contributed by atoms with Crippen LogP contribution in [0.4, 0.5) is 13.2 Å². The summed E-state index contributed by atoms with van der Waals surface area (Å²) in [6.07, 6.45) is 2.95. The fourth-order valence-corrected chi connectivity index (χ4v) is 4.50. The largest absolute Gasteiger partial charge is 0.438 e. The minimum Gasteiger partial charge on any atom is -0.438 e. The maximum Gasteiger partial charge on any atom is 0.248 e. The van der Waals surface area contributed by atoms with Crippen LogP contribution in [0.15, 0.2) is 77.6 Å². The van der Waals surface area contributed by atoms with Gasteiger partial charge in [0.2, 0.25) is 11.6 Å².